The number of carbonyl (C=O) groups excluding carboxylic acids is 1. The van der Waals surface area contributed by atoms with Gasteiger partial charge in [-0.2, -0.15) is 0 Å². The molecule has 4 rings (SSSR count). The molecule has 0 atom stereocenters. The SMILES string of the molecule is O=C(Nc1ccccc1Br)N1CCC2(C=C(c3ccccc3)NO2)CC1. The predicted molar refractivity (Wildman–Crippen MR) is 105 cm³/mol. The second-order valence-electron chi connectivity index (χ2n) is 6.59. The van der Waals surface area contributed by atoms with Crippen LogP contribution in [0.3, 0.4) is 0 Å². The highest BCUT2D eigenvalue weighted by Gasteiger charge is 2.39. The fraction of sp³-hybridized carbons (Fsp3) is 0.250. The maximum Gasteiger partial charge on any atom is 0.321 e. The maximum atomic E-state index is 12.5. The first-order chi connectivity index (χ1) is 12.7. The number of halogens is 1. The van der Waals surface area contributed by atoms with E-state index in [0.29, 0.717) is 13.1 Å². The Morgan fingerprint density at radius 1 is 1.08 bits per heavy atom. The van der Waals surface area contributed by atoms with Crippen molar-refractivity contribution in [3.8, 4) is 0 Å². The van der Waals surface area contributed by atoms with Crippen molar-refractivity contribution < 1.29 is 9.63 Å². The number of para-hydroxylation sites is 1. The third kappa shape index (κ3) is 3.48. The lowest BCUT2D eigenvalue weighted by atomic mass is 9.90. The summed E-state index contributed by atoms with van der Waals surface area (Å²) in [6.45, 7) is 1.30. The summed E-state index contributed by atoms with van der Waals surface area (Å²) in [4.78, 5) is 20.3. The molecule has 0 aliphatic carbocycles. The van der Waals surface area contributed by atoms with Crippen LogP contribution >= 0.6 is 15.9 Å². The zero-order valence-corrected chi connectivity index (χ0v) is 15.8. The van der Waals surface area contributed by atoms with E-state index in [1.165, 1.54) is 0 Å². The summed E-state index contributed by atoms with van der Waals surface area (Å²) in [6, 6.07) is 17.7. The molecule has 2 aliphatic heterocycles. The van der Waals surface area contributed by atoms with E-state index >= 15 is 0 Å². The molecule has 1 spiro atoms. The van der Waals surface area contributed by atoms with Crippen molar-refractivity contribution in [1.29, 1.82) is 0 Å². The van der Waals surface area contributed by atoms with Gasteiger partial charge in [0, 0.05) is 30.4 Å². The van der Waals surface area contributed by atoms with Crippen molar-refractivity contribution in [1.82, 2.24) is 10.4 Å². The van der Waals surface area contributed by atoms with E-state index < -0.39 is 0 Å². The molecule has 0 aromatic heterocycles. The summed E-state index contributed by atoms with van der Waals surface area (Å²) >= 11 is 3.46. The largest absolute Gasteiger partial charge is 0.324 e. The molecule has 1 saturated heterocycles. The molecule has 0 bridgehead atoms. The molecule has 2 N–H and O–H groups in total. The molecule has 2 aliphatic rings. The molecule has 134 valence electrons. The van der Waals surface area contributed by atoms with Crippen LogP contribution in [0, 0.1) is 0 Å². The van der Waals surface area contributed by atoms with Crippen LogP contribution in [-0.4, -0.2) is 29.6 Å². The van der Waals surface area contributed by atoms with Gasteiger partial charge in [-0.15, -0.1) is 0 Å². The second kappa shape index (κ2) is 7.13. The molecule has 0 unspecified atom stereocenters. The van der Waals surface area contributed by atoms with Crippen LogP contribution in [0.25, 0.3) is 5.70 Å². The number of nitrogens with zero attached hydrogens (tertiary/aromatic N) is 1. The van der Waals surface area contributed by atoms with E-state index in [2.05, 4.69) is 44.9 Å². The van der Waals surface area contributed by atoms with E-state index in [1.807, 2.05) is 47.4 Å². The topological polar surface area (TPSA) is 53.6 Å². The molecule has 5 nitrogen and oxygen atoms in total. The molecule has 6 heteroatoms. The van der Waals surface area contributed by atoms with Gasteiger partial charge in [0.05, 0.1) is 11.4 Å². The van der Waals surface area contributed by atoms with Crippen LogP contribution in [-0.2, 0) is 4.84 Å². The van der Waals surface area contributed by atoms with Crippen LogP contribution in [0.4, 0.5) is 10.5 Å². The first-order valence-electron chi connectivity index (χ1n) is 8.68. The smallest absolute Gasteiger partial charge is 0.321 e. The van der Waals surface area contributed by atoms with Gasteiger partial charge in [0.1, 0.15) is 5.60 Å². The summed E-state index contributed by atoms with van der Waals surface area (Å²) in [5.74, 6) is 0. The number of urea groups is 1. The lowest BCUT2D eigenvalue weighted by Crippen LogP contribution is -2.48. The van der Waals surface area contributed by atoms with Crippen LogP contribution < -0.4 is 10.8 Å². The Bertz CT molecular complexity index is 830. The Morgan fingerprint density at radius 3 is 2.50 bits per heavy atom. The van der Waals surface area contributed by atoms with E-state index in [4.69, 9.17) is 4.84 Å². The van der Waals surface area contributed by atoms with Crippen LogP contribution in [0.2, 0.25) is 0 Å². The Labute approximate surface area is 161 Å². The summed E-state index contributed by atoms with van der Waals surface area (Å²) in [5, 5.41) is 2.96. The minimum absolute atomic E-state index is 0.0787. The van der Waals surface area contributed by atoms with Gasteiger partial charge in [-0.3, -0.25) is 10.3 Å². The summed E-state index contributed by atoms with van der Waals surface area (Å²) in [5.41, 5.74) is 5.61. The van der Waals surface area contributed by atoms with Crippen LogP contribution in [0.5, 0.6) is 0 Å². The number of benzene rings is 2. The number of carbonyl (C=O) groups is 1. The molecule has 26 heavy (non-hydrogen) atoms. The highest BCUT2D eigenvalue weighted by molar-refractivity contribution is 9.10. The minimum atomic E-state index is -0.338. The number of hydrogen-bond donors (Lipinski definition) is 2. The first-order valence-corrected chi connectivity index (χ1v) is 9.47. The normalized spacial score (nSPS) is 18.3. The number of nitrogens with one attached hydrogen (secondary N) is 2. The molecule has 2 heterocycles. The number of anilines is 1. The molecular weight excluding hydrogens is 394 g/mol. The monoisotopic (exact) mass is 413 g/mol. The van der Waals surface area contributed by atoms with Crippen molar-refractivity contribution in [2.45, 2.75) is 18.4 Å². The quantitative estimate of drug-likeness (QED) is 0.767. The van der Waals surface area contributed by atoms with Crippen molar-refractivity contribution in [2.24, 2.45) is 0 Å². The molecule has 0 saturated carbocycles. The number of piperidine rings is 1. The van der Waals surface area contributed by atoms with Crippen molar-refractivity contribution in [3.63, 3.8) is 0 Å². The fourth-order valence-corrected chi connectivity index (χ4v) is 3.71. The standard InChI is InChI=1S/C20H20BrN3O2/c21-16-8-4-5-9-17(16)22-19(25)24-12-10-20(11-13-24)14-18(23-26-20)15-6-2-1-3-7-15/h1-9,14,23H,10-13H2,(H,22,25). The Morgan fingerprint density at radius 2 is 1.77 bits per heavy atom. The average molecular weight is 414 g/mol. The van der Waals surface area contributed by atoms with Crippen molar-refractivity contribution in [2.75, 3.05) is 18.4 Å². The molecule has 0 radical (unpaired) electrons. The molecular formula is C20H20BrN3O2. The Kier molecular flexibility index (Phi) is 4.70. The third-order valence-electron chi connectivity index (χ3n) is 4.87. The third-order valence-corrected chi connectivity index (χ3v) is 5.56. The van der Waals surface area contributed by atoms with Gasteiger partial charge in [-0.05, 0) is 39.7 Å². The summed E-state index contributed by atoms with van der Waals surface area (Å²) in [7, 11) is 0. The lowest BCUT2D eigenvalue weighted by Gasteiger charge is -2.36. The minimum Gasteiger partial charge on any atom is -0.324 e. The van der Waals surface area contributed by atoms with E-state index in [-0.39, 0.29) is 11.6 Å². The van der Waals surface area contributed by atoms with Crippen LogP contribution in [0.15, 0.2) is 65.1 Å². The number of likely N-dealkylation sites (tertiary alicyclic amines) is 1. The number of hydroxylamine groups is 1. The zero-order valence-electron chi connectivity index (χ0n) is 14.2. The zero-order chi connectivity index (χ0) is 18.0. The van der Waals surface area contributed by atoms with Gasteiger partial charge in [0.25, 0.3) is 0 Å². The maximum absolute atomic E-state index is 12.5. The lowest BCUT2D eigenvalue weighted by molar-refractivity contribution is -0.0634. The predicted octanol–water partition coefficient (Wildman–Crippen LogP) is 4.39. The highest BCUT2D eigenvalue weighted by Crippen LogP contribution is 2.35. The van der Waals surface area contributed by atoms with E-state index in [0.717, 1.165) is 34.3 Å². The Balaban J connectivity index is 1.39. The number of amides is 2. The summed E-state index contributed by atoms with van der Waals surface area (Å²) in [6.07, 6.45) is 3.69. The Hall–Kier alpha value is -2.31. The second-order valence-corrected chi connectivity index (χ2v) is 7.44. The van der Waals surface area contributed by atoms with Gasteiger partial charge in [0.2, 0.25) is 0 Å². The van der Waals surface area contributed by atoms with Gasteiger partial charge in [-0.25, -0.2) is 4.79 Å². The van der Waals surface area contributed by atoms with Gasteiger partial charge < -0.3 is 10.2 Å². The number of hydrogen-bond acceptors (Lipinski definition) is 3. The summed E-state index contributed by atoms with van der Waals surface area (Å²) < 4.78 is 0.876. The van der Waals surface area contributed by atoms with Crippen molar-refractivity contribution >= 4 is 33.3 Å². The van der Waals surface area contributed by atoms with Crippen molar-refractivity contribution in [3.05, 3.63) is 70.7 Å². The van der Waals surface area contributed by atoms with E-state index in [9.17, 15) is 4.79 Å². The highest BCUT2D eigenvalue weighted by atomic mass is 79.9. The average Bonchev–Trinajstić information content (AvgIpc) is 3.08. The van der Waals surface area contributed by atoms with Gasteiger partial charge >= 0.3 is 6.03 Å². The van der Waals surface area contributed by atoms with E-state index in [1.54, 1.807) is 0 Å². The van der Waals surface area contributed by atoms with Gasteiger partial charge in [0.15, 0.2) is 0 Å². The molecule has 2 aromatic rings. The first kappa shape index (κ1) is 17.1. The molecule has 1 fully saturated rings. The number of rotatable bonds is 2. The fourth-order valence-electron chi connectivity index (χ4n) is 3.33. The molecule has 2 aromatic carbocycles. The molecule has 2 amide bonds. The van der Waals surface area contributed by atoms with Gasteiger partial charge in [-0.1, -0.05) is 42.5 Å². The van der Waals surface area contributed by atoms with Crippen LogP contribution in [0.1, 0.15) is 18.4 Å².